The first kappa shape index (κ1) is 18.1. The molecule has 148 valence electrons. The van der Waals surface area contributed by atoms with Crippen LogP contribution < -0.4 is 20.1 Å². The van der Waals surface area contributed by atoms with Gasteiger partial charge in [-0.3, -0.25) is 4.79 Å². The second-order valence-electron chi connectivity index (χ2n) is 8.79. The third-order valence-electron chi connectivity index (χ3n) is 6.07. The maximum atomic E-state index is 13.0. The molecule has 2 aromatic rings. The number of halogens is 1. The topological polar surface area (TPSA) is 59.6 Å². The van der Waals surface area contributed by atoms with Crippen molar-refractivity contribution in [2.24, 2.45) is 11.3 Å². The number of fused-ring (bicyclic) bond motifs is 4. The molecule has 2 N–H and O–H groups in total. The van der Waals surface area contributed by atoms with Gasteiger partial charge in [-0.1, -0.05) is 32.4 Å². The molecule has 1 aromatic heterocycles. The minimum absolute atomic E-state index is 0.0285. The summed E-state index contributed by atoms with van der Waals surface area (Å²) in [6, 6.07) is 3.59. The van der Waals surface area contributed by atoms with Gasteiger partial charge in [0.25, 0.3) is 5.91 Å². The Bertz CT molecular complexity index is 979. The van der Waals surface area contributed by atoms with E-state index in [0.717, 1.165) is 35.4 Å². The van der Waals surface area contributed by atoms with Gasteiger partial charge < -0.3 is 20.1 Å². The summed E-state index contributed by atoms with van der Waals surface area (Å²) in [6.45, 7) is 7.10. The maximum Gasteiger partial charge on any atom is 0.256 e. The van der Waals surface area contributed by atoms with E-state index in [0.29, 0.717) is 22.4 Å². The van der Waals surface area contributed by atoms with Gasteiger partial charge in [-0.05, 0) is 42.2 Å². The highest BCUT2D eigenvalue weighted by molar-refractivity contribution is 7.16. The van der Waals surface area contributed by atoms with Crippen molar-refractivity contribution in [3.05, 3.63) is 38.7 Å². The molecule has 0 saturated carbocycles. The van der Waals surface area contributed by atoms with E-state index in [1.54, 1.807) is 17.4 Å². The number of amides is 1. The predicted octanol–water partition coefficient (Wildman–Crippen LogP) is 5.14. The number of nitrogens with one attached hydrogen (secondary N) is 2. The molecule has 1 aromatic carbocycles. The summed E-state index contributed by atoms with van der Waals surface area (Å²) in [4.78, 5) is 14.3. The molecule has 0 fully saturated rings. The normalized spacial score (nSPS) is 22.9. The summed E-state index contributed by atoms with van der Waals surface area (Å²) >= 11 is 8.18. The summed E-state index contributed by atoms with van der Waals surface area (Å²) < 4.78 is 10.9. The van der Waals surface area contributed by atoms with Gasteiger partial charge in [-0.25, -0.2) is 0 Å². The highest BCUT2D eigenvalue weighted by Crippen LogP contribution is 2.47. The molecule has 5 nitrogen and oxygen atoms in total. The summed E-state index contributed by atoms with van der Waals surface area (Å²) in [6.07, 6.45) is 2.75. The highest BCUT2D eigenvalue weighted by Gasteiger charge is 2.37. The monoisotopic (exact) mass is 418 g/mol. The van der Waals surface area contributed by atoms with Gasteiger partial charge in [0.15, 0.2) is 11.5 Å². The van der Waals surface area contributed by atoms with Gasteiger partial charge in [0, 0.05) is 16.5 Å². The number of ether oxygens (including phenoxy) is 2. The lowest BCUT2D eigenvalue weighted by Crippen LogP contribution is -2.38. The van der Waals surface area contributed by atoms with Crippen LogP contribution in [0.4, 0.5) is 5.00 Å². The fourth-order valence-electron chi connectivity index (χ4n) is 4.35. The zero-order chi connectivity index (χ0) is 19.6. The molecule has 28 heavy (non-hydrogen) atoms. The van der Waals surface area contributed by atoms with Gasteiger partial charge in [0.05, 0.1) is 10.6 Å². The van der Waals surface area contributed by atoms with Gasteiger partial charge in [0.1, 0.15) is 11.2 Å². The fraction of sp³-hybridized carbons (Fsp3) is 0.476. The Balaban J connectivity index is 1.48. The Labute approximate surface area is 173 Å². The van der Waals surface area contributed by atoms with Crippen LogP contribution in [0.1, 0.15) is 59.7 Å². The molecular weight excluding hydrogens is 396 g/mol. The number of rotatable bonds is 1. The Morgan fingerprint density at radius 3 is 2.68 bits per heavy atom. The van der Waals surface area contributed by atoms with Crippen LogP contribution in [-0.2, 0) is 12.8 Å². The Kier molecular flexibility index (Phi) is 4.07. The van der Waals surface area contributed by atoms with E-state index >= 15 is 0 Å². The number of carbonyl (C=O) groups is 1. The van der Waals surface area contributed by atoms with Crippen LogP contribution in [0.3, 0.4) is 0 Å². The van der Waals surface area contributed by atoms with Crippen LogP contribution in [0.5, 0.6) is 11.5 Å². The van der Waals surface area contributed by atoms with Crippen LogP contribution in [-0.4, -0.2) is 12.7 Å². The molecule has 0 bridgehead atoms. The van der Waals surface area contributed by atoms with Crippen LogP contribution in [0, 0.1) is 11.3 Å². The quantitative estimate of drug-likeness (QED) is 0.673. The average Bonchev–Trinajstić information content (AvgIpc) is 3.22. The molecule has 1 amide bonds. The molecule has 3 aliphatic rings. The van der Waals surface area contributed by atoms with E-state index in [2.05, 4.69) is 31.4 Å². The number of thiophene rings is 1. The summed E-state index contributed by atoms with van der Waals surface area (Å²) in [5, 5.41) is 8.05. The smallest absolute Gasteiger partial charge is 0.256 e. The van der Waals surface area contributed by atoms with Gasteiger partial charge in [-0.15, -0.1) is 11.3 Å². The van der Waals surface area contributed by atoms with Crippen molar-refractivity contribution in [1.82, 2.24) is 5.32 Å². The Morgan fingerprint density at radius 2 is 1.93 bits per heavy atom. The lowest BCUT2D eigenvalue weighted by Gasteiger charge is -2.34. The molecule has 5 rings (SSSR count). The molecule has 2 aliphatic heterocycles. The zero-order valence-electron chi connectivity index (χ0n) is 16.1. The molecule has 2 unspecified atom stereocenters. The SMILES string of the molecule is CC(C)(C)C1CCc2c(sc3c2C(=O)NC(c2cc4c(cc2Cl)OCO4)N3)C1. The summed E-state index contributed by atoms with van der Waals surface area (Å²) in [7, 11) is 0. The van der Waals surface area contributed by atoms with Crippen molar-refractivity contribution in [2.45, 2.75) is 46.2 Å². The number of carbonyl (C=O) groups excluding carboxylic acids is 1. The van der Waals surface area contributed by atoms with Crippen molar-refractivity contribution in [3.8, 4) is 11.5 Å². The second kappa shape index (κ2) is 6.29. The third-order valence-corrected chi connectivity index (χ3v) is 7.58. The van der Waals surface area contributed by atoms with E-state index in [4.69, 9.17) is 21.1 Å². The maximum absolute atomic E-state index is 13.0. The first-order valence-corrected chi connectivity index (χ1v) is 10.8. The second-order valence-corrected chi connectivity index (χ2v) is 10.3. The summed E-state index contributed by atoms with van der Waals surface area (Å²) in [5.74, 6) is 1.90. The Hall–Kier alpha value is -1.92. The van der Waals surface area contributed by atoms with E-state index in [1.807, 2.05) is 6.07 Å². The third kappa shape index (κ3) is 2.85. The van der Waals surface area contributed by atoms with Crippen LogP contribution in [0.15, 0.2) is 12.1 Å². The lowest BCUT2D eigenvalue weighted by atomic mass is 9.72. The standard InChI is InChI=1S/C21H23ClN2O3S/c1-21(2,3)10-4-5-11-16(6-10)28-20-17(11)19(25)23-18(24-20)12-7-14-15(8-13(12)22)27-9-26-14/h7-8,10,18,24H,4-6,9H2,1-3H3,(H,23,25). The number of hydrogen-bond acceptors (Lipinski definition) is 5. The lowest BCUT2D eigenvalue weighted by molar-refractivity contribution is 0.0934. The number of benzene rings is 1. The van der Waals surface area contributed by atoms with Crippen molar-refractivity contribution in [2.75, 3.05) is 12.1 Å². The van der Waals surface area contributed by atoms with Crippen LogP contribution in [0.25, 0.3) is 0 Å². The Morgan fingerprint density at radius 1 is 1.18 bits per heavy atom. The van der Waals surface area contributed by atoms with Crippen molar-refractivity contribution in [3.63, 3.8) is 0 Å². The van der Waals surface area contributed by atoms with Crippen molar-refractivity contribution >= 4 is 33.8 Å². The molecule has 3 heterocycles. The fourth-order valence-corrected chi connectivity index (χ4v) is 5.96. The molecule has 0 saturated heterocycles. The highest BCUT2D eigenvalue weighted by atomic mass is 35.5. The number of anilines is 1. The largest absolute Gasteiger partial charge is 0.454 e. The van der Waals surface area contributed by atoms with Gasteiger partial charge in [-0.2, -0.15) is 0 Å². The van der Waals surface area contributed by atoms with E-state index in [-0.39, 0.29) is 24.3 Å². The van der Waals surface area contributed by atoms with Crippen molar-refractivity contribution in [1.29, 1.82) is 0 Å². The van der Waals surface area contributed by atoms with E-state index < -0.39 is 0 Å². The van der Waals surface area contributed by atoms with Crippen molar-refractivity contribution < 1.29 is 14.3 Å². The minimum Gasteiger partial charge on any atom is -0.454 e. The molecule has 2 atom stereocenters. The van der Waals surface area contributed by atoms with Gasteiger partial charge in [0.2, 0.25) is 6.79 Å². The minimum atomic E-state index is -0.388. The van der Waals surface area contributed by atoms with Gasteiger partial charge >= 0.3 is 0 Å². The molecule has 0 spiro atoms. The van der Waals surface area contributed by atoms with E-state index in [9.17, 15) is 4.79 Å². The number of hydrogen-bond donors (Lipinski definition) is 2. The molecule has 1 aliphatic carbocycles. The van der Waals surface area contributed by atoms with Crippen LogP contribution in [0.2, 0.25) is 5.02 Å². The molecule has 0 radical (unpaired) electrons. The zero-order valence-corrected chi connectivity index (χ0v) is 17.7. The first-order valence-electron chi connectivity index (χ1n) is 9.62. The molecular formula is C21H23ClN2O3S. The summed E-state index contributed by atoms with van der Waals surface area (Å²) in [5.41, 5.74) is 3.10. The van der Waals surface area contributed by atoms with E-state index in [1.165, 1.54) is 10.4 Å². The first-order chi connectivity index (χ1) is 13.3. The predicted molar refractivity (Wildman–Crippen MR) is 111 cm³/mol. The average molecular weight is 419 g/mol. The molecule has 7 heteroatoms. The van der Waals surface area contributed by atoms with Crippen LogP contribution >= 0.6 is 22.9 Å².